The minimum atomic E-state index is -0.0724. The van der Waals surface area contributed by atoms with Gasteiger partial charge in [-0.05, 0) is 28.1 Å². The fraction of sp³-hybridized carbons (Fsp3) is 0.357. The van der Waals surface area contributed by atoms with Crippen LogP contribution < -0.4 is 10.3 Å². The number of H-pyrrole nitrogens is 1. The van der Waals surface area contributed by atoms with Crippen LogP contribution in [0.4, 0.5) is 0 Å². The second-order valence-electron chi connectivity index (χ2n) is 4.31. The molecule has 0 aliphatic heterocycles. The Kier molecular flexibility index (Phi) is 5.43. The summed E-state index contributed by atoms with van der Waals surface area (Å²) < 4.78 is 12.7. The average Bonchev–Trinajstić information content (AvgIpc) is 2.73. The average molecular weight is 341 g/mol. The molecule has 0 bridgehead atoms. The maximum absolute atomic E-state index is 11.9. The van der Waals surface area contributed by atoms with E-state index < -0.39 is 0 Å². The molecule has 0 fully saturated rings. The number of benzene rings is 1. The SMILES string of the molecule is COCc1[nH]n(CCCOc2ccccc2)c(=O)c1Br. The lowest BCUT2D eigenvalue weighted by atomic mass is 10.3. The highest BCUT2D eigenvalue weighted by atomic mass is 79.9. The van der Waals surface area contributed by atoms with Crippen molar-refractivity contribution in [1.82, 2.24) is 9.78 Å². The monoisotopic (exact) mass is 340 g/mol. The van der Waals surface area contributed by atoms with E-state index in [2.05, 4.69) is 21.0 Å². The van der Waals surface area contributed by atoms with Gasteiger partial charge in [0.1, 0.15) is 10.2 Å². The summed E-state index contributed by atoms with van der Waals surface area (Å²) in [5.41, 5.74) is 0.679. The molecule has 0 radical (unpaired) electrons. The number of rotatable bonds is 7. The van der Waals surface area contributed by atoms with Gasteiger partial charge in [-0.1, -0.05) is 18.2 Å². The maximum Gasteiger partial charge on any atom is 0.281 e. The predicted molar refractivity (Wildman–Crippen MR) is 80.0 cm³/mol. The van der Waals surface area contributed by atoms with Crippen LogP contribution in [0, 0.1) is 0 Å². The molecule has 2 rings (SSSR count). The molecule has 0 atom stereocenters. The van der Waals surface area contributed by atoms with Gasteiger partial charge in [0.15, 0.2) is 0 Å². The van der Waals surface area contributed by atoms with Crippen molar-refractivity contribution in [2.24, 2.45) is 0 Å². The number of methoxy groups -OCH3 is 1. The Morgan fingerprint density at radius 2 is 2.05 bits per heavy atom. The highest BCUT2D eigenvalue weighted by molar-refractivity contribution is 9.10. The second-order valence-corrected chi connectivity index (χ2v) is 5.10. The summed E-state index contributed by atoms with van der Waals surface area (Å²) in [6, 6.07) is 9.63. The first-order valence-electron chi connectivity index (χ1n) is 6.36. The van der Waals surface area contributed by atoms with Crippen LogP contribution >= 0.6 is 15.9 Å². The first-order valence-corrected chi connectivity index (χ1v) is 7.15. The van der Waals surface area contributed by atoms with Gasteiger partial charge >= 0.3 is 0 Å². The number of aromatic amines is 1. The van der Waals surface area contributed by atoms with Gasteiger partial charge in [-0.15, -0.1) is 0 Å². The third-order valence-corrected chi connectivity index (χ3v) is 3.61. The fourth-order valence-corrected chi connectivity index (χ4v) is 2.25. The molecule has 0 unspecified atom stereocenters. The number of ether oxygens (including phenoxy) is 2. The van der Waals surface area contributed by atoms with Crippen LogP contribution in [-0.2, 0) is 17.9 Å². The molecule has 1 heterocycles. The zero-order chi connectivity index (χ0) is 14.4. The molecule has 108 valence electrons. The van der Waals surface area contributed by atoms with Gasteiger partial charge in [-0.2, -0.15) is 0 Å². The van der Waals surface area contributed by atoms with Gasteiger partial charge in [0.25, 0.3) is 5.56 Å². The Morgan fingerprint density at radius 1 is 1.30 bits per heavy atom. The van der Waals surface area contributed by atoms with Gasteiger partial charge < -0.3 is 9.47 Å². The summed E-state index contributed by atoms with van der Waals surface area (Å²) in [5, 5.41) is 3.03. The van der Waals surface area contributed by atoms with Crippen molar-refractivity contribution in [3.05, 3.63) is 50.9 Å². The predicted octanol–water partition coefficient (Wildman–Crippen LogP) is 2.55. The van der Waals surface area contributed by atoms with Gasteiger partial charge in [-0.3, -0.25) is 14.6 Å². The second kappa shape index (κ2) is 7.31. The van der Waals surface area contributed by atoms with Crippen molar-refractivity contribution in [2.75, 3.05) is 13.7 Å². The van der Waals surface area contributed by atoms with Crippen LogP contribution in [0.15, 0.2) is 39.6 Å². The summed E-state index contributed by atoms with van der Waals surface area (Å²) in [6.07, 6.45) is 0.744. The van der Waals surface area contributed by atoms with Crippen LogP contribution in [0.3, 0.4) is 0 Å². The van der Waals surface area contributed by atoms with E-state index in [-0.39, 0.29) is 5.56 Å². The normalized spacial score (nSPS) is 10.7. The highest BCUT2D eigenvalue weighted by Crippen LogP contribution is 2.11. The van der Waals surface area contributed by atoms with E-state index in [4.69, 9.17) is 9.47 Å². The maximum atomic E-state index is 11.9. The Labute approximate surface area is 125 Å². The van der Waals surface area contributed by atoms with Crippen molar-refractivity contribution < 1.29 is 9.47 Å². The van der Waals surface area contributed by atoms with Crippen molar-refractivity contribution >= 4 is 15.9 Å². The molecule has 0 saturated carbocycles. The molecule has 0 aliphatic carbocycles. The number of aryl methyl sites for hydroxylation is 1. The van der Waals surface area contributed by atoms with Crippen LogP contribution in [0.5, 0.6) is 5.75 Å². The summed E-state index contributed by atoms with van der Waals surface area (Å²) in [4.78, 5) is 11.9. The third-order valence-electron chi connectivity index (χ3n) is 2.79. The van der Waals surface area contributed by atoms with E-state index in [0.717, 1.165) is 17.9 Å². The van der Waals surface area contributed by atoms with Crippen LogP contribution in [-0.4, -0.2) is 23.5 Å². The zero-order valence-corrected chi connectivity index (χ0v) is 12.9. The van der Waals surface area contributed by atoms with Gasteiger partial charge in [0.2, 0.25) is 0 Å². The Morgan fingerprint density at radius 3 is 2.75 bits per heavy atom. The van der Waals surface area contributed by atoms with Crippen LogP contribution in [0.2, 0.25) is 0 Å². The van der Waals surface area contributed by atoms with Crippen molar-refractivity contribution in [3.8, 4) is 5.75 Å². The summed E-state index contributed by atoms with van der Waals surface area (Å²) >= 11 is 3.27. The zero-order valence-electron chi connectivity index (χ0n) is 11.3. The fourth-order valence-electron chi connectivity index (χ4n) is 1.84. The number of hydrogen-bond acceptors (Lipinski definition) is 3. The van der Waals surface area contributed by atoms with E-state index in [0.29, 0.717) is 24.2 Å². The van der Waals surface area contributed by atoms with Crippen molar-refractivity contribution in [2.45, 2.75) is 19.6 Å². The number of hydrogen-bond donors (Lipinski definition) is 1. The molecular formula is C14H17BrN2O3. The molecule has 0 aliphatic rings. The largest absolute Gasteiger partial charge is 0.494 e. The molecule has 5 nitrogen and oxygen atoms in total. The Hall–Kier alpha value is -1.53. The van der Waals surface area contributed by atoms with E-state index in [1.165, 1.54) is 0 Å². The summed E-state index contributed by atoms with van der Waals surface area (Å²) in [7, 11) is 1.59. The number of nitrogens with zero attached hydrogens (tertiary/aromatic N) is 1. The standard InChI is InChI=1S/C14H17BrN2O3/c1-19-10-12-13(15)14(18)17(16-12)8-5-9-20-11-6-3-2-4-7-11/h2-4,6-7,16H,5,8-10H2,1H3. The highest BCUT2D eigenvalue weighted by Gasteiger charge is 2.10. The molecule has 1 N–H and O–H groups in total. The molecule has 0 amide bonds. The minimum Gasteiger partial charge on any atom is -0.494 e. The topological polar surface area (TPSA) is 56.2 Å². The first-order chi connectivity index (χ1) is 9.72. The summed E-state index contributed by atoms with van der Waals surface area (Å²) in [6.45, 7) is 1.52. The number of halogens is 1. The molecule has 1 aromatic heterocycles. The van der Waals surface area contributed by atoms with Gasteiger partial charge in [-0.25, -0.2) is 0 Å². The van der Waals surface area contributed by atoms with E-state index in [9.17, 15) is 4.79 Å². The number of nitrogens with one attached hydrogen (secondary N) is 1. The lowest BCUT2D eigenvalue weighted by Crippen LogP contribution is -2.18. The number of para-hydroxylation sites is 1. The molecule has 0 saturated heterocycles. The van der Waals surface area contributed by atoms with E-state index >= 15 is 0 Å². The van der Waals surface area contributed by atoms with Gasteiger partial charge in [0.05, 0.1) is 18.9 Å². The molecular weight excluding hydrogens is 324 g/mol. The lowest BCUT2D eigenvalue weighted by molar-refractivity contribution is 0.180. The molecule has 20 heavy (non-hydrogen) atoms. The molecule has 6 heteroatoms. The van der Waals surface area contributed by atoms with Gasteiger partial charge in [0, 0.05) is 20.1 Å². The smallest absolute Gasteiger partial charge is 0.281 e. The minimum absolute atomic E-state index is 0.0724. The van der Waals surface area contributed by atoms with Crippen LogP contribution in [0.25, 0.3) is 0 Å². The Bertz CT molecular complexity index is 592. The molecule has 0 spiro atoms. The third kappa shape index (κ3) is 3.74. The van der Waals surface area contributed by atoms with E-state index in [1.807, 2.05) is 30.3 Å². The van der Waals surface area contributed by atoms with E-state index in [1.54, 1.807) is 11.8 Å². The van der Waals surface area contributed by atoms with Crippen molar-refractivity contribution in [1.29, 1.82) is 0 Å². The van der Waals surface area contributed by atoms with Crippen molar-refractivity contribution in [3.63, 3.8) is 0 Å². The Balaban J connectivity index is 1.85. The molecule has 1 aromatic carbocycles. The summed E-state index contributed by atoms with van der Waals surface area (Å²) in [5.74, 6) is 0.840. The number of aromatic nitrogens is 2. The quantitative estimate of drug-likeness (QED) is 0.788. The lowest BCUT2D eigenvalue weighted by Gasteiger charge is -2.06. The van der Waals surface area contributed by atoms with Crippen LogP contribution in [0.1, 0.15) is 12.1 Å². The molecule has 2 aromatic rings. The first kappa shape index (κ1) is 14.9.